The van der Waals surface area contributed by atoms with Gasteiger partial charge < -0.3 is 0 Å². The van der Waals surface area contributed by atoms with E-state index in [2.05, 4.69) is 19.1 Å². The van der Waals surface area contributed by atoms with E-state index in [1.807, 2.05) is 55.5 Å². The van der Waals surface area contributed by atoms with Crippen molar-refractivity contribution in [2.45, 2.75) is 39.0 Å². The smallest absolute Gasteiger partial charge is 0.129 e. The molecular formula is C26H26F2. The average Bonchev–Trinajstić information content (AvgIpc) is 2.71. The predicted molar refractivity (Wildman–Crippen MR) is 114 cm³/mol. The molecule has 3 aromatic carbocycles. The summed E-state index contributed by atoms with van der Waals surface area (Å²) in [4.78, 5) is 0. The minimum Gasteiger partial charge on any atom is -0.207 e. The minimum atomic E-state index is -0.485. The Morgan fingerprint density at radius 2 is 1.43 bits per heavy atom. The van der Waals surface area contributed by atoms with Crippen LogP contribution in [0.25, 0.3) is 12.2 Å². The normalized spacial score (nSPS) is 12.4. The summed E-state index contributed by atoms with van der Waals surface area (Å²) in [6, 6.07) is 20.9. The van der Waals surface area contributed by atoms with Crippen LogP contribution in [0.5, 0.6) is 0 Å². The third kappa shape index (κ3) is 5.16. The molecule has 3 aromatic rings. The van der Waals surface area contributed by atoms with Gasteiger partial charge in [-0.2, -0.15) is 0 Å². The summed E-state index contributed by atoms with van der Waals surface area (Å²) in [5, 5.41) is 0. The summed E-state index contributed by atoms with van der Waals surface area (Å²) in [6.07, 6.45) is 6.15. The third-order valence-electron chi connectivity index (χ3n) is 5.03. The van der Waals surface area contributed by atoms with Crippen LogP contribution in [-0.2, 0) is 12.8 Å². The number of benzene rings is 3. The van der Waals surface area contributed by atoms with Crippen molar-refractivity contribution in [3.8, 4) is 0 Å². The number of halogens is 2. The van der Waals surface area contributed by atoms with Crippen LogP contribution in [0.1, 0.15) is 54.0 Å². The van der Waals surface area contributed by atoms with Crippen molar-refractivity contribution >= 4 is 12.2 Å². The van der Waals surface area contributed by atoms with Gasteiger partial charge in [-0.1, -0.05) is 87.0 Å². The van der Waals surface area contributed by atoms with Crippen LogP contribution in [0.15, 0.2) is 66.7 Å². The Kier molecular flexibility index (Phi) is 6.76. The SMILES string of the molecule is CCCc1ccc(/C=C/c2cc(F)c(CC(C)c3ccccc3)c(F)c2)cc1. The molecule has 0 nitrogen and oxygen atoms in total. The van der Waals surface area contributed by atoms with E-state index in [9.17, 15) is 8.78 Å². The Hall–Kier alpha value is -2.74. The molecule has 0 saturated heterocycles. The van der Waals surface area contributed by atoms with Crippen LogP contribution in [0.4, 0.5) is 8.78 Å². The molecule has 0 spiro atoms. The first-order valence-electron chi connectivity index (χ1n) is 9.86. The number of aryl methyl sites for hydroxylation is 1. The molecule has 2 heteroatoms. The van der Waals surface area contributed by atoms with Gasteiger partial charge in [-0.25, -0.2) is 8.78 Å². The topological polar surface area (TPSA) is 0 Å². The minimum absolute atomic E-state index is 0.0493. The Labute approximate surface area is 166 Å². The molecule has 144 valence electrons. The first-order valence-corrected chi connectivity index (χ1v) is 9.86. The maximum Gasteiger partial charge on any atom is 0.129 e. The lowest BCUT2D eigenvalue weighted by atomic mass is 9.92. The molecule has 0 aliphatic carbocycles. The molecular weight excluding hydrogens is 350 g/mol. The number of hydrogen-bond donors (Lipinski definition) is 0. The lowest BCUT2D eigenvalue weighted by molar-refractivity contribution is 0.543. The highest BCUT2D eigenvalue weighted by Gasteiger charge is 2.15. The summed E-state index contributed by atoms with van der Waals surface area (Å²) in [6.45, 7) is 4.14. The van der Waals surface area contributed by atoms with Crippen molar-refractivity contribution in [1.82, 2.24) is 0 Å². The molecule has 3 rings (SSSR count). The van der Waals surface area contributed by atoms with Gasteiger partial charge in [0.2, 0.25) is 0 Å². The van der Waals surface area contributed by atoms with Crippen LogP contribution >= 0.6 is 0 Å². The fourth-order valence-electron chi connectivity index (χ4n) is 3.40. The van der Waals surface area contributed by atoms with Crippen LogP contribution < -0.4 is 0 Å². The van der Waals surface area contributed by atoms with Crippen LogP contribution in [0.3, 0.4) is 0 Å². The van der Waals surface area contributed by atoms with E-state index in [4.69, 9.17) is 0 Å². The van der Waals surface area contributed by atoms with Crippen molar-refractivity contribution in [2.75, 3.05) is 0 Å². The summed E-state index contributed by atoms with van der Waals surface area (Å²) in [5.41, 5.74) is 4.08. The number of hydrogen-bond acceptors (Lipinski definition) is 0. The zero-order chi connectivity index (χ0) is 19.9. The molecule has 0 aromatic heterocycles. The second-order valence-corrected chi connectivity index (χ2v) is 7.30. The maximum absolute atomic E-state index is 14.6. The first kappa shape index (κ1) is 20.0. The largest absolute Gasteiger partial charge is 0.207 e. The zero-order valence-electron chi connectivity index (χ0n) is 16.5. The van der Waals surface area contributed by atoms with Gasteiger partial charge in [-0.05, 0) is 53.1 Å². The highest BCUT2D eigenvalue weighted by Crippen LogP contribution is 2.25. The van der Waals surface area contributed by atoms with Gasteiger partial charge in [0.1, 0.15) is 11.6 Å². The molecule has 0 fully saturated rings. The van der Waals surface area contributed by atoms with E-state index < -0.39 is 11.6 Å². The first-order chi connectivity index (χ1) is 13.6. The van der Waals surface area contributed by atoms with Crippen LogP contribution in [-0.4, -0.2) is 0 Å². The fourth-order valence-corrected chi connectivity index (χ4v) is 3.40. The van der Waals surface area contributed by atoms with Crippen LogP contribution in [0.2, 0.25) is 0 Å². The number of rotatable bonds is 7. The zero-order valence-corrected chi connectivity index (χ0v) is 16.5. The van der Waals surface area contributed by atoms with Gasteiger partial charge >= 0.3 is 0 Å². The van der Waals surface area contributed by atoms with Crippen molar-refractivity contribution in [3.63, 3.8) is 0 Å². The van der Waals surface area contributed by atoms with Crippen molar-refractivity contribution in [3.05, 3.63) is 106 Å². The molecule has 0 aliphatic rings. The highest BCUT2D eigenvalue weighted by atomic mass is 19.1. The lowest BCUT2D eigenvalue weighted by Crippen LogP contribution is -2.04. The second kappa shape index (κ2) is 9.45. The van der Waals surface area contributed by atoms with Gasteiger partial charge in [-0.3, -0.25) is 0 Å². The van der Waals surface area contributed by atoms with Crippen LogP contribution in [0, 0.1) is 11.6 Å². The lowest BCUT2D eigenvalue weighted by Gasteiger charge is -2.14. The highest BCUT2D eigenvalue weighted by molar-refractivity contribution is 5.69. The summed E-state index contributed by atoms with van der Waals surface area (Å²) < 4.78 is 29.2. The molecule has 28 heavy (non-hydrogen) atoms. The van der Waals surface area contributed by atoms with Crippen molar-refractivity contribution in [2.24, 2.45) is 0 Å². The van der Waals surface area contributed by atoms with Gasteiger partial charge in [-0.15, -0.1) is 0 Å². The van der Waals surface area contributed by atoms with Crippen molar-refractivity contribution in [1.29, 1.82) is 0 Å². The molecule has 0 radical (unpaired) electrons. The van der Waals surface area contributed by atoms with Crippen molar-refractivity contribution < 1.29 is 8.78 Å². The third-order valence-corrected chi connectivity index (χ3v) is 5.03. The van der Waals surface area contributed by atoms with E-state index in [1.165, 1.54) is 17.7 Å². The average molecular weight is 376 g/mol. The second-order valence-electron chi connectivity index (χ2n) is 7.30. The Morgan fingerprint density at radius 1 is 0.821 bits per heavy atom. The molecule has 0 saturated carbocycles. The molecule has 0 N–H and O–H groups in total. The van der Waals surface area contributed by atoms with E-state index in [0.29, 0.717) is 12.0 Å². The van der Waals surface area contributed by atoms with E-state index in [-0.39, 0.29) is 11.5 Å². The Balaban J connectivity index is 1.74. The van der Waals surface area contributed by atoms with E-state index in [0.717, 1.165) is 24.0 Å². The van der Waals surface area contributed by atoms with E-state index >= 15 is 0 Å². The predicted octanol–water partition coefficient (Wildman–Crippen LogP) is 7.43. The molecule has 0 heterocycles. The maximum atomic E-state index is 14.6. The Bertz CT molecular complexity index is 901. The standard InChI is InChI=1S/C26H26F2/c1-3-7-20-10-12-21(13-11-20)14-15-22-17-25(27)24(26(28)18-22)16-19(2)23-8-5-4-6-9-23/h4-6,8-15,17-19H,3,7,16H2,1-2H3/b15-14+. The molecule has 0 amide bonds. The van der Waals surface area contributed by atoms with Gasteiger partial charge in [0.05, 0.1) is 0 Å². The molecule has 0 aliphatic heterocycles. The summed E-state index contributed by atoms with van der Waals surface area (Å²) in [5.74, 6) is -0.922. The van der Waals surface area contributed by atoms with Gasteiger partial charge in [0.15, 0.2) is 0 Å². The van der Waals surface area contributed by atoms with Gasteiger partial charge in [0.25, 0.3) is 0 Å². The fraction of sp³-hybridized carbons (Fsp3) is 0.231. The molecule has 1 atom stereocenters. The quantitative estimate of drug-likeness (QED) is 0.376. The molecule has 0 bridgehead atoms. The Morgan fingerprint density at radius 3 is 2.04 bits per heavy atom. The molecule has 1 unspecified atom stereocenters. The van der Waals surface area contributed by atoms with Gasteiger partial charge in [0, 0.05) is 5.56 Å². The summed E-state index contributed by atoms with van der Waals surface area (Å²) in [7, 11) is 0. The monoisotopic (exact) mass is 376 g/mol. The van der Waals surface area contributed by atoms with E-state index in [1.54, 1.807) is 6.08 Å². The summed E-state index contributed by atoms with van der Waals surface area (Å²) >= 11 is 0.